The van der Waals surface area contributed by atoms with Crippen molar-refractivity contribution >= 4 is 16.8 Å². The second-order valence-corrected chi connectivity index (χ2v) is 5.03. The van der Waals surface area contributed by atoms with Crippen LogP contribution in [-0.2, 0) is 11.3 Å². The Morgan fingerprint density at radius 1 is 1.45 bits per heavy atom. The van der Waals surface area contributed by atoms with Gasteiger partial charge < -0.3 is 9.36 Å². The highest BCUT2D eigenvalue weighted by atomic mass is 16.1. The second kappa shape index (κ2) is 6.33. The lowest BCUT2D eigenvalue weighted by Gasteiger charge is -2.15. The first-order valence-corrected chi connectivity index (χ1v) is 6.99. The van der Waals surface area contributed by atoms with E-state index in [0.717, 1.165) is 23.3 Å². The van der Waals surface area contributed by atoms with Gasteiger partial charge in [-0.25, -0.2) is 4.98 Å². The van der Waals surface area contributed by atoms with E-state index in [0.29, 0.717) is 19.4 Å². The SMILES string of the molecule is CCC(CC(C)=O)c1nc2ccccc2n1CCC#N. The van der Waals surface area contributed by atoms with Crippen molar-refractivity contribution < 1.29 is 4.79 Å². The van der Waals surface area contributed by atoms with Gasteiger partial charge in [0.15, 0.2) is 0 Å². The summed E-state index contributed by atoms with van der Waals surface area (Å²) in [4.78, 5) is 16.1. The monoisotopic (exact) mass is 269 g/mol. The largest absolute Gasteiger partial charge is 0.327 e. The minimum absolute atomic E-state index is 0.124. The van der Waals surface area contributed by atoms with Crippen molar-refractivity contribution in [1.82, 2.24) is 9.55 Å². The van der Waals surface area contributed by atoms with Crippen molar-refractivity contribution in [2.75, 3.05) is 0 Å². The van der Waals surface area contributed by atoms with Gasteiger partial charge in [-0.3, -0.25) is 0 Å². The first kappa shape index (κ1) is 14.3. The number of Topliss-reactive ketones (excluding diaryl/α,β-unsaturated/α-hetero) is 1. The number of aromatic nitrogens is 2. The first-order chi connectivity index (χ1) is 9.67. The molecule has 4 nitrogen and oxygen atoms in total. The van der Waals surface area contributed by atoms with Gasteiger partial charge in [-0.1, -0.05) is 19.1 Å². The third kappa shape index (κ3) is 2.88. The van der Waals surface area contributed by atoms with Crippen LogP contribution in [0.1, 0.15) is 44.9 Å². The molecule has 0 aliphatic heterocycles. The lowest BCUT2D eigenvalue weighted by atomic mass is 9.99. The van der Waals surface area contributed by atoms with Crippen LogP contribution < -0.4 is 0 Å². The van der Waals surface area contributed by atoms with Crippen LogP contribution in [0.5, 0.6) is 0 Å². The predicted molar refractivity (Wildman–Crippen MR) is 78.3 cm³/mol. The Bertz CT molecular complexity index is 651. The lowest BCUT2D eigenvalue weighted by Crippen LogP contribution is -2.11. The predicted octanol–water partition coefficient (Wildman–Crippen LogP) is 3.42. The number of nitriles is 1. The summed E-state index contributed by atoms with van der Waals surface area (Å²) < 4.78 is 2.09. The fraction of sp³-hybridized carbons (Fsp3) is 0.438. The molecule has 104 valence electrons. The van der Waals surface area contributed by atoms with E-state index in [4.69, 9.17) is 10.2 Å². The molecule has 0 spiro atoms. The van der Waals surface area contributed by atoms with Gasteiger partial charge in [-0.05, 0) is 25.5 Å². The number of benzene rings is 1. The van der Waals surface area contributed by atoms with Gasteiger partial charge in [0.2, 0.25) is 0 Å². The number of carbonyl (C=O) groups is 1. The van der Waals surface area contributed by atoms with Gasteiger partial charge in [0, 0.05) is 18.9 Å². The smallest absolute Gasteiger partial charge is 0.130 e. The number of aryl methyl sites for hydroxylation is 1. The summed E-state index contributed by atoms with van der Waals surface area (Å²) in [6.45, 7) is 4.31. The van der Waals surface area contributed by atoms with Crippen LogP contribution in [0.4, 0.5) is 0 Å². The molecule has 20 heavy (non-hydrogen) atoms. The summed E-state index contributed by atoms with van der Waals surface area (Å²) in [7, 11) is 0. The summed E-state index contributed by atoms with van der Waals surface area (Å²) in [6.07, 6.45) is 1.83. The summed E-state index contributed by atoms with van der Waals surface area (Å²) in [5, 5.41) is 8.83. The molecule has 2 rings (SSSR count). The maximum atomic E-state index is 11.4. The van der Waals surface area contributed by atoms with Crippen LogP contribution in [0.25, 0.3) is 11.0 Å². The van der Waals surface area contributed by atoms with E-state index < -0.39 is 0 Å². The zero-order chi connectivity index (χ0) is 14.5. The normalized spacial score (nSPS) is 12.2. The Hall–Kier alpha value is -2.15. The molecule has 2 aromatic rings. The molecule has 0 saturated heterocycles. The van der Waals surface area contributed by atoms with Crippen LogP contribution in [0.15, 0.2) is 24.3 Å². The van der Waals surface area contributed by atoms with Gasteiger partial charge in [0.1, 0.15) is 11.6 Å². The van der Waals surface area contributed by atoms with Crippen LogP contribution in [0.3, 0.4) is 0 Å². The van der Waals surface area contributed by atoms with E-state index >= 15 is 0 Å². The summed E-state index contributed by atoms with van der Waals surface area (Å²) in [5.74, 6) is 1.23. The van der Waals surface area contributed by atoms with Crippen molar-refractivity contribution in [1.29, 1.82) is 5.26 Å². The van der Waals surface area contributed by atoms with Gasteiger partial charge >= 0.3 is 0 Å². The van der Waals surface area contributed by atoms with E-state index in [1.807, 2.05) is 24.3 Å². The van der Waals surface area contributed by atoms with E-state index in [-0.39, 0.29) is 11.7 Å². The minimum atomic E-state index is 0.124. The number of nitrogens with zero attached hydrogens (tertiary/aromatic N) is 3. The van der Waals surface area contributed by atoms with Crippen molar-refractivity contribution in [2.24, 2.45) is 0 Å². The van der Waals surface area contributed by atoms with Crippen molar-refractivity contribution in [2.45, 2.75) is 45.6 Å². The Morgan fingerprint density at radius 3 is 2.85 bits per heavy atom. The molecule has 1 aromatic carbocycles. The molecule has 0 bridgehead atoms. The molecule has 0 fully saturated rings. The van der Waals surface area contributed by atoms with E-state index in [9.17, 15) is 4.79 Å². The molecule has 1 heterocycles. The number of rotatable bonds is 6. The van der Waals surface area contributed by atoms with Gasteiger partial charge in [0.05, 0.1) is 23.5 Å². The molecule has 1 unspecified atom stereocenters. The molecule has 0 saturated carbocycles. The number of carbonyl (C=O) groups excluding carboxylic acids is 1. The molecular formula is C16H19N3O. The van der Waals surface area contributed by atoms with Crippen LogP contribution in [-0.4, -0.2) is 15.3 Å². The maximum absolute atomic E-state index is 11.4. The highest BCUT2D eigenvalue weighted by Crippen LogP contribution is 2.27. The maximum Gasteiger partial charge on any atom is 0.130 e. The van der Waals surface area contributed by atoms with Crippen molar-refractivity contribution in [3.8, 4) is 6.07 Å². The third-order valence-electron chi connectivity index (χ3n) is 3.52. The second-order valence-electron chi connectivity index (χ2n) is 5.03. The topological polar surface area (TPSA) is 58.7 Å². The molecular weight excluding hydrogens is 250 g/mol. The zero-order valence-electron chi connectivity index (χ0n) is 12.0. The molecule has 0 amide bonds. The Morgan fingerprint density at radius 2 is 2.20 bits per heavy atom. The lowest BCUT2D eigenvalue weighted by molar-refractivity contribution is -0.117. The van der Waals surface area contributed by atoms with Crippen LogP contribution in [0, 0.1) is 11.3 Å². The quantitative estimate of drug-likeness (QED) is 0.807. The number of imidazole rings is 1. The van der Waals surface area contributed by atoms with E-state index in [1.54, 1.807) is 6.92 Å². The zero-order valence-corrected chi connectivity index (χ0v) is 12.0. The molecule has 0 aliphatic carbocycles. The van der Waals surface area contributed by atoms with Gasteiger partial charge in [-0.15, -0.1) is 0 Å². The van der Waals surface area contributed by atoms with E-state index in [1.165, 1.54) is 0 Å². The molecule has 1 aromatic heterocycles. The Kier molecular flexibility index (Phi) is 4.52. The Balaban J connectivity index is 2.49. The number of hydrogen-bond acceptors (Lipinski definition) is 3. The summed E-state index contributed by atoms with van der Waals surface area (Å²) in [5.41, 5.74) is 1.97. The highest BCUT2D eigenvalue weighted by Gasteiger charge is 2.20. The standard InChI is InChI=1S/C16H19N3O/c1-3-13(11-12(2)20)16-18-14-7-4-5-8-15(14)19(16)10-6-9-17/h4-5,7-8,13H,3,6,10-11H2,1-2H3. The van der Waals surface area contributed by atoms with Crippen LogP contribution >= 0.6 is 0 Å². The molecule has 0 radical (unpaired) electrons. The highest BCUT2D eigenvalue weighted by molar-refractivity contribution is 5.78. The number of fused-ring (bicyclic) bond motifs is 1. The molecule has 0 N–H and O–H groups in total. The summed E-state index contributed by atoms with van der Waals surface area (Å²) in [6, 6.07) is 10.1. The van der Waals surface area contributed by atoms with Gasteiger partial charge in [-0.2, -0.15) is 5.26 Å². The van der Waals surface area contributed by atoms with Crippen molar-refractivity contribution in [3.05, 3.63) is 30.1 Å². The summed E-state index contributed by atoms with van der Waals surface area (Å²) >= 11 is 0. The number of ketones is 1. The Labute approximate surface area is 119 Å². The third-order valence-corrected chi connectivity index (χ3v) is 3.52. The fourth-order valence-electron chi connectivity index (χ4n) is 2.57. The molecule has 0 aliphatic rings. The minimum Gasteiger partial charge on any atom is -0.327 e. The van der Waals surface area contributed by atoms with Gasteiger partial charge in [0.25, 0.3) is 0 Å². The number of para-hydroxylation sites is 2. The number of hydrogen-bond donors (Lipinski definition) is 0. The first-order valence-electron chi connectivity index (χ1n) is 6.99. The fourth-order valence-corrected chi connectivity index (χ4v) is 2.57. The van der Waals surface area contributed by atoms with E-state index in [2.05, 4.69) is 17.6 Å². The average molecular weight is 269 g/mol. The molecule has 1 atom stereocenters. The van der Waals surface area contributed by atoms with Crippen LogP contribution in [0.2, 0.25) is 0 Å². The average Bonchev–Trinajstić information content (AvgIpc) is 2.80. The van der Waals surface area contributed by atoms with Crippen molar-refractivity contribution in [3.63, 3.8) is 0 Å². The molecule has 4 heteroatoms.